The summed E-state index contributed by atoms with van der Waals surface area (Å²) in [6.45, 7) is 1.58. The van der Waals surface area contributed by atoms with Crippen LogP contribution in [0.2, 0.25) is 0 Å². The lowest BCUT2D eigenvalue weighted by atomic mass is 10.0. The Balaban J connectivity index is 1.72. The van der Waals surface area contributed by atoms with Gasteiger partial charge in [0, 0.05) is 6.61 Å². The molecular weight excluding hydrogens is 344 g/mol. The van der Waals surface area contributed by atoms with Gasteiger partial charge in [0.1, 0.15) is 11.9 Å². The first-order valence-electron chi connectivity index (χ1n) is 9.46. The van der Waals surface area contributed by atoms with Crippen molar-refractivity contribution in [2.75, 3.05) is 20.3 Å². The molecule has 6 nitrogen and oxygen atoms in total. The molecule has 0 spiro atoms. The molecule has 2 rings (SSSR count). The van der Waals surface area contributed by atoms with Crippen LogP contribution in [0.1, 0.15) is 44.1 Å². The van der Waals surface area contributed by atoms with Gasteiger partial charge in [-0.2, -0.15) is 0 Å². The summed E-state index contributed by atoms with van der Waals surface area (Å²) in [5.41, 5.74) is 2.35. The van der Waals surface area contributed by atoms with Gasteiger partial charge in [0.15, 0.2) is 4.98 Å². The van der Waals surface area contributed by atoms with E-state index in [1.165, 1.54) is 18.4 Å². The van der Waals surface area contributed by atoms with Crippen LogP contribution in [0.25, 0.3) is 4.98 Å². The first-order chi connectivity index (χ1) is 13.2. The number of benzene rings is 1. The van der Waals surface area contributed by atoms with Crippen molar-refractivity contribution in [2.24, 2.45) is 0 Å². The zero-order valence-electron chi connectivity index (χ0n) is 16.0. The summed E-state index contributed by atoms with van der Waals surface area (Å²) in [5, 5.41) is 18.7. The number of aliphatic hydroxyl groups excluding tert-OH is 1. The number of diazo groups is 1. The zero-order chi connectivity index (χ0) is 19.3. The third-order valence-electron chi connectivity index (χ3n) is 4.56. The summed E-state index contributed by atoms with van der Waals surface area (Å²) in [5.74, 6) is 0.757. The van der Waals surface area contributed by atoms with Gasteiger partial charge in [0.25, 0.3) is 0 Å². The maximum atomic E-state index is 10.0. The molecule has 0 amide bonds. The summed E-state index contributed by atoms with van der Waals surface area (Å²) in [6.07, 6.45) is 8.63. The molecule has 146 valence electrons. The largest absolute Gasteiger partial charge is 0.504 e. The number of aliphatic hydroxyl groups is 1. The second-order valence-electron chi connectivity index (χ2n) is 6.62. The van der Waals surface area contributed by atoms with Crippen LogP contribution in [0.5, 0.6) is 5.75 Å². The van der Waals surface area contributed by atoms with E-state index in [2.05, 4.69) is 11.1 Å². The van der Waals surface area contributed by atoms with Gasteiger partial charge in [-0.1, -0.05) is 18.2 Å². The molecule has 0 heterocycles. The number of methoxy groups -OCH3 is 1. The van der Waals surface area contributed by atoms with E-state index in [0.717, 1.165) is 36.8 Å². The highest BCUT2D eigenvalue weighted by molar-refractivity contribution is 5.26. The van der Waals surface area contributed by atoms with Gasteiger partial charge in [-0.25, -0.2) is 0 Å². The third-order valence-corrected chi connectivity index (χ3v) is 4.56. The van der Waals surface area contributed by atoms with Crippen molar-refractivity contribution in [1.82, 2.24) is 0 Å². The summed E-state index contributed by atoms with van der Waals surface area (Å²) < 4.78 is 16.7. The first kappa shape index (κ1) is 20.9. The van der Waals surface area contributed by atoms with Crippen LogP contribution in [-0.2, 0) is 16.1 Å². The minimum absolute atomic E-state index is 0.0657. The number of hydrogen-bond acceptors (Lipinski definition) is 5. The van der Waals surface area contributed by atoms with Crippen molar-refractivity contribution in [2.45, 2.75) is 51.2 Å². The highest BCUT2D eigenvalue weighted by Gasteiger charge is 2.19. The first-order valence-corrected chi connectivity index (χ1v) is 9.46. The van der Waals surface area contributed by atoms with E-state index in [9.17, 15) is 5.11 Å². The molecule has 1 aliphatic carbocycles. The van der Waals surface area contributed by atoms with Crippen LogP contribution < -0.4 is 4.74 Å². The molecule has 1 N–H and O–H groups in total. The summed E-state index contributed by atoms with van der Waals surface area (Å²) in [6, 6.07) is 7.76. The fraction of sp³-hybridized carbons (Fsp3) is 0.524. The van der Waals surface area contributed by atoms with Crippen molar-refractivity contribution < 1.29 is 19.3 Å². The van der Waals surface area contributed by atoms with Crippen molar-refractivity contribution in [3.63, 3.8) is 0 Å². The Morgan fingerprint density at radius 3 is 2.74 bits per heavy atom. The average Bonchev–Trinajstić information content (AvgIpc) is 2.71. The predicted molar refractivity (Wildman–Crippen MR) is 104 cm³/mol. The molecule has 0 bridgehead atoms. The molecular formula is C21H29N2O4+. The summed E-state index contributed by atoms with van der Waals surface area (Å²) >= 11 is 0. The van der Waals surface area contributed by atoms with E-state index in [0.29, 0.717) is 26.2 Å². The van der Waals surface area contributed by atoms with E-state index in [1.807, 2.05) is 24.3 Å². The molecule has 0 fully saturated rings. The number of ether oxygens (including phenoxy) is 3. The van der Waals surface area contributed by atoms with E-state index in [4.69, 9.17) is 19.6 Å². The Kier molecular flexibility index (Phi) is 9.39. The quantitative estimate of drug-likeness (QED) is 0.252. The summed E-state index contributed by atoms with van der Waals surface area (Å²) in [7, 11) is 1.64. The highest BCUT2D eigenvalue weighted by atomic mass is 16.5. The number of rotatable bonds is 11. The Labute approximate surface area is 161 Å². The van der Waals surface area contributed by atoms with Gasteiger partial charge >= 0.3 is 6.20 Å². The Morgan fingerprint density at radius 2 is 2.07 bits per heavy atom. The van der Waals surface area contributed by atoms with Gasteiger partial charge in [0.2, 0.25) is 11.2 Å². The van der Waals surface area contributed by atoms with Gasteiger partial charge < -0.3 is 19.3 Å². The topological polar surface area (TPSA) is 76.1 Å². The van der Waals surface area contributed by atoms with Crippen LogP contribution in [0.15, 0.2) is 47.9 Å². The van der Waals surface area contributed by atoms with Gasteiger partial charge in [0.05, 0.1) is 20.3 Å². The molecule has 6 heteroatoms. The molecule has 1 aliphatic rings. The molecule has 0 aromatic heterocycles. The monoisotopic (exact) mass is 373 g/mol. The zero-order valence-corrected chi connectivity index (χ0v) is 16.0. The van der Waals surface area contributed by atoms with Crippen LogP contribution in [0, 0.1) is 5.39 Å². The van der Waals surface area contributed by atoms with Crippen LogP contribution in [0.3, 0.4) is 0 Å². The lowest BCUT2D eigenvalue weighted by molar-refractivity contribution is 0.0440. The fourth-order valence-corrected chi connectivity index (χ4v) is 2.98. The van der Waals surface area contributed by atoms with Crippen molar-refractivity contribution in [3.8, 4) is 5.75 Å². The SMILES string of the molecule is COc1ccc(COCCC[C@@H](OCC2=CCCCC2)/C(O)=C/[N+]#N)cc1. The Hall–Kier alpha value is -2.36. The van der Waals surface area contributed by atoms with E-state index < -0.39 is 6.10 Å². The summed E-state index contributed by atoms with van der Waals surface area (Å²) in [4.78, 5) is 2.90. The molecule has 0 saturated carbocycles. The molecule has 0 saturated heterocycles. The molecule has 1 atom stereocenters. The van der Waals surface area contributed by atoms with Crippen LogP contribution in [-0.4, -0.2) is 31.5 Å². The van der Waals surface area contributed by atoms with Crippen LogP contribution in [0.4, 0.5) is 0 Å². The maximum absolute atomic E-state index is 10.0. The lowest BCUT2D eigenvalue weighted by Crippen LogP contribution is -2.19. The molecule has 0 radical (unpaired) electrons. The minimum Gasteiger partial charge on any atom is -0.504 e. The van der Waals surface area contributed by atoms with Gasteiger partial charge in [-0.3, -0.25) is 0 Å². The Bertz CT molecular complexity index is 662. The number of allylic oxidation sites excluding steroid dienone is 1. The second kappa shape index (κ2) is 12.1. The molecule has 1 aromatic carbocycles. The smallest absolute Gasteiger partial charge is 0.390 e. The Morgan fingerprint density at radius 1 is 1.26 bits per heavy atom. The fourth-order valence-electron chi connectivity index (χ4n) is 2.98. The molecule has 0 unspecified atom stereocenters. The number of nitrogens with zero attached hydrogens (tertiary/aromatic N) is 2. The van der Waals surface area contributed by atoms with Crippen molar-refractivity contribution >= 4 is 0 Å². The normalized spacial score (nSPS) is 15.7. The predicted octanol–water partition coefficient (Wildman–Crippen LogP) is 5.13. The average molecular weight is 373 g/mol. The molecule has 27 heavy (non-hydrogen) atoms. The second-order valence-corrected chi connectivity index (χ2v) is 6.62. The molecule has 1 aromatic rings. The van der Waals surface area contributed by atoms with Gasteiger partial charge in [-0.05, 0) is 61.8 Å². The third kappa shape index (κ3) is 7.81. The number of hydrogen-bond donors (Lipinski definition) is 1. The van der Waals surface area contributed by atoms with E-state index in [-0.39, 0.29) is 5.76 Å². The van der Waals surface area contributed by atoms with Crippen molar-refractivity contribution in [1.29, 1.82) is 5.39 Å². The van der Waals surface area contributed by atoms with Crippen molar-refractivity contribution in [3.05, 3.63) is 58.4 Å². The minimum atomic E-state index is -0.492. The van der Waals surface area contributed by atoms with E-state index in [1.54, 1.807) is 7.11 Å². The standard InChI is InChI=1S/C21H28N2O4/c1-25-19-11-9-18(10-12-19)15-26-13-5-8-21(20(24)14-23-22)27-16-17-6-3-2-4-7-17/h6,9-12,14,21H,2-5,7-8,13,15-16H2,1H3/p+1/b20-14-/t21-/m1/s1. The highest BCUT2D eigenvalue weighted by Crippen LogP contribution is 2.20. The van der Waals surface area contributed by atoms with Gasteiger partial charge in [-0.15, -0.1) is 0 Å². The van der Waals surface area contributed by atoms with Crippen LogP contribution >= 0.6 is 0 Å². The maximum Gasteiger partial charge on any atom is 0.390 e. The molecule has 0 aliphatic heterocycles. The van der Waals surface area contributed by atoms with E-state index >= 15 is 0 Å². The lowest BCUT2D eigenvalue weighted by Gasteiger charge is -2.18.